The summed E-state index contributed by atoms with van der Waals surface area (Å²) in [6.07, 6.45) is 4.50. The van der Waals surface area contributed by atoms with Gasteiger partial charge in [-0.3, -0.25) is 4.68 Å². The van der Waals surface area contributed by atoms with Crippen LogP contribution in [0.3, 0.4) is 0 Å². The summed E-state index contributed by atoms with van der Waals surface area (Å²) < 4.78 is 12.3. The normalized spacial score (nSPS) is 11.2. The second kappa shape index (κ2) is 12.3. The van der Waals surface area contributed by atoms with Gasteiger partial charge in [-0.2, -0.15) is 5.10 Å². The van der Waals surface area contributed by atoms with Crippen molar-refractivity contribution in [1.82, 2.24) is 20.4 Å². The van der Waals surface area contributed by atoms with Gasteiger partial charge in [0.15, 0.2) is 5.96 Å². The molecule has 2 N–H and O–H groups in total. The van der Waals surface area contributed by atoms with Crippen LogP contribution < -0.4 is 10.6 Å². The summed E-state index contributed by atoms with van der Waals surface area (Å²) in [6, 6.07) is 14.0. The molecule has 156 valence electrons. The fourth-order valence-corrected chi connectivity index (χ4v) is 2.86. The van der Waals surface area contributed by atoms with E-state index in [2.05, 4.69) is 27.9 Å². The van der Waals surface area contributed by atoms with Crippen LogP contribution in [0.2, 0.25) is 0 Å². The van der Waals surface area contributed by atoms with Gasteiger partial charge in [0, 0.05) is 51.0 Å². The third-order valence-electron chi connectivity index (χ3n) is 4.20. The number of hydrogen-bond donors (Lipinski definition) is 2. The SMILES string of the molecule is COCCNC(=NCc1cn(C)nc1-c1ccccc1)NCCc1ccco1.I. The predicted molar refractivity (Wildman–Crippen MR) is 125 cm³/mol. The number of hydrogen-bond acceptors (Lipinski definition) is 4. The highest BCUT2D eigenvalue weighted by Crippen LogP contribution is 2.22. The van der Waals surface area contributed by atoms with Crippen molar-refractivity contribution >= 4 is 29.9 Å². The van der Waals surface area contributed by atoms with Crippen LogP contribution in [0.25, 0.3) is 11.3 Å². The highest BCUT2D eigenvalue weighted by Gasteiger charge is 2.10. The number of rotatable bonds is 9. The second-order valence-electron chi connectivity index (χ2n) is 6.38. The van der Waals surface area contributed by atoms with Crippen LogP contribution >= 0.6 is 24.0 Å². The minimum Gasteiger partial charge on any atom is -0.469 e. The Kier molecular flexibility index (Phi) is 9.72. The summed E-state index contributed by atoms with van der Waals surface area (Å²) in [5, 5.41) is 11.2. The molecule has 2 aromatic heterocycles. The number of methoxy groups -OCH3 is 1. The Morgan fingerprint density at radius 2 is 1.93 bits per heavy atom. The van der Waals surface area contributed by atoms with Crippen LogP contribution in [0, 0.1) is 0 Å². The van der Waals surface area contributed by atoms with Gasteiger partial charge in [-0.25, -0.2) is 4.99 Å². The second-order valence-corrected chi connectivity index (χ2v) is 6.38. The zero-order chi connectivity index (χ0) is 19.6. The van der Waals surface area contributed by atoms with Crippen molar-refractivity contribution in [2.45, 2.75) is 13.0 Å². The molecule has 7 nitrogen and oxygen atoms in total. The average molecular weight is 509 g/mol. The first-order valence-corrected chi connectivity index (χ1v) is 9.37. The molecule has 0 fully saturated rings. The highest BCUT2D eigenvalue weighted by molar-refractivity contribution is 14.0. The Labute approximate surface area is 188 Å². The number of ether oxygens (including phenoxy) is 1. The number of guanidine groups is 1. The van der Waals surface area contributed by atoms with E-state index in [1.807, 2.05) is 48.3 Å². The van der Waals surface area contributed by atoms with E-state index in [0.29, 0.717) is 19.7 Å². The summed E-state index contributed by atoms with van der Waals surface area (Å²) >= 11 is 0. The number of halogens is 1. The number of nitrogens with one attached hydrogen (secondary N) is 2. The molecular formula is C21H28IN5O2. The highest BCUT2D eigenvalue weighted by atomic mass is 127. The molecule has 0 saturated heterocycles. The number of aryl methyl sites for hydroxylation is 1. The smallest absolute Gasteiger partial charge is 0.191 e. The molecule has 0 atom stereocenters. The molecule has 29 heavy (non-hydrogen) atoms. The zero-order valence-electron chi connectivity index (χ0n) is 16.8. The molecule has 0 aliphatic rings. The predicted octanol–water partition coefficient (Wildman–Crippen LogP) is 3.22. The minimum atomic E-state index is 0. The summed E-state index contributed by atoms with van der Waals surface area (Å²) in [6.45, 7) is 2.55. The van der Waals surface area contributed by atoms with Gasteiger partial charge in [0.2, 0.25) is 0 Å². The first-order chi connectivity index (χ1) is 13.8. The molecule has 2 heterocycles. The Morgan fingerprint density at radius 3 is 2.66 bits per heavy atom. The molecule has 0 amide bonds. The Bertz CT molecular complexity index is 863. The van der Waals surface area contributed by atoms with Crippen LogP contribution in [0.4, 0.5) is 0 Å². The number of benzene rings is 1. The van der Waals surface area contributed by atoms with Crippen molar-refractivity contribution in [2.24, 2.45) is 12.0 Å². The quantitative estimate of drug-likeness (QED) is 0.201. The van der Waals surface area contributed by atoms with Gasteiger partial charge in [-0.05, 0) is 12.1 Å². The number of furan rings is 1. The van der Waals surface area contributed by atoms with Crippen molar-refractivity contribution in [1.29, 1.82) is 0 Å². The monoisotopic (exact) mass is 509 g/mol. The summed E-state index contributed by atoms with van der Waals surface area (Å²) in [5.41, 5.74) is 3.12. The first-order valence-electron chi connectivity index (χ1n) is 9.37. The van der Waals surface area contributed by atoms with E-state index < -0.39 is 0 Å². The van der Waals surface area contributed by atoms with Crippen LogP contribution in [0.5, 0.6) is 0 Å². The van der Waals surface area contributed by atoms with Gasteiger partial charge in [-0.1, -0.05) is 30.3 Å². The largest absolute Gasteiger partial charge is 0.469 e. The maximum Gasteiger partial charge on any atom is 0.191 e. The third kappa shape index (κ3) is 7.21. The van der Waals surface area contributed by atoms with Gasteiger partial charge in [0.05, 0.1) is 25.1 Å². The lowest BCUT2D eigenvalue weighted by Gasteiger charge is -2.12. The number of aromatic nitrogens is 2. The summed E-state index contributed by atoms with van der Waals surface area (Å²) in [4.78, 5) is 4.74. The van der Waals surface area contributed by atoms with E-state index in [1.165, 1.54) is 0 Å². The Balaban J connectivity index is 0.00000300. The zero-order valence-corrected chi connectivity index (χ0v) is 19.1. The standard InChI is InChI=1S/C21H27N5O2.HI/c1-26-16-18(20(25-26)17-7-4-3-5-8-17)15-24-21(23-12-14-27-2)22-11-10-19-9-6-13-28-19;/h3-9,13,16H,10-12,14-15H2,1-2H3,(H2,22,23,24);1H. The van der Waals surface area contributed by atoms with Gasteiger partial charge >= 0.3 is 0 Å². The molecule has 0 bridgehead atoms. The minimum absolute atomic E-state index is 0. The van der Waals surface area contributed by atoms with E-state index in [4.69, 9.17) is 14.1 Å². The van der Waals surface area contributed by atoms with Crippen molar-refractivity contribution in [3.8, 4) is 11.3 Å². The van der Waals surface area contributed by atoms with E-state index in [1.54, 1.807) is 13.4 Å². The Morgan fingerprint density at radius 1 is 1.14 bits per heavy atom. The van der Waals surface area contributed by atoms with Crippen molar-refractivity contribution in [2.75, 3.05) is 26.8 Å². The van der Waals surface area contributed by atoms with Crippen LogP contribution in [0.1, 0.15) is 11.3 Å². The van der Waals surface area contributed by atoms with E-state index >= 15 is 0 Å². The molecule has 0 aliphatic heterocycles. The Hall–Kier alpha value is -2.33. The van der Waals surface area contributed by atoms with Crippen molar-refractivity contribution < 1.29 is 9.15 Å². The van der Waals surface area contributed by atoms with E-state index in [9.17, 15) is 0 Å². The van der Waals surface area contributed by atoms with Crippen LogP contribution in [-0.4, -0.2) is 42.5 Å². The van der Waals surface area contributed by atoms with Crippen molar-refractivity contribution in [3.63, 3.8) is 0 Å². The lowest BCUT2D eigenvalue weighted by Crippen LogP contribution is -2.40. The fraction of sp³-hybridized carbons (Fsp3) is 0.333. The number of nitrogens with zero attached hydrogens (tertiary/aromatic N) is 3. The summed E-state index contributed by atoms with van der Waals surface area (Å²) in [5.74, 6) is 1.69. The lowest BCUT2D eigenvalue weighted by molar-refractivity contribution is 0.203. The first kappa shape index (κ1) is 23.0. The molecular weight excluding hydrogens is 481 g/mol. The average Bonchev–Trinajstić information content (AvgIpc) is 3.36. The molecule has 8 heteroatoms. The molecule has 0 radical (unpaired) electrons. The molecule has 3 aromatic rings. The van der Waals surface area contributed by atoms with Gasteiger partial charge in [-0.15, -0.1) is 24.0 Å². The maximum atomic E-state index is 5.38. The van der Waals surface area contributed by atoms with Crippen molar-refractivity contribution in [3.05, 3.63) is 66.2 Å². The van der Waals surface area contributed by atoms with E-state index in [-0.39, 0.29) is 24.0 Å². The van der Waals surface area contributed by atoms with Crippen LogP contribution in [-0.2, 0) is 24.8 Å². The molecule has 0 spiro atoms. The topological polar surface area (TPSA) is 76.6 Å². The molecule has 1 aromatic carbocycles. The molecule has 0 aliphatic carbocycles. The summed E-state index contributed by atoms with van der Waals surface area (Å²) in [7, 11) is 3.61. The van der Waals surface area contributed by atoms with Gasteiger partial charge < -0.3 is 19.8 Å². The fourth-order valence-electron chi connectivity index (χ4n) is 2.86. The third-order valence-corrected chi connectivity index (χ3v) is 4.20. The lowest BCUT2D eigenvalue weighted by atomic mass is 10.1. The number of aliphatic imine (C=N–C) groups is 1. The maximum absolute atomic E-state index is 5.38. The molecule has 0 unspecified atom stereocenters. The molecule has 0 saturated carbocycles. The molecule has 3 rings (SSSR count). The van der Waals surface area contributed by atoms with Crippen LogP contribution in [0.15, 0.2) is 64.3 Å². The van der Waals surface area contributed by atoms with E-state index in [0.717, 1.165) is 41.5 Å². The van der Waals surface area contributed by atoms with Gasteiger partial charge in [0.1, 0.15) is 5.76 Å². The van der Waals surface area contributed by atoms with Gasteiger partial charge in [0.25, 0.3) is 0 Å².